The quantitative estimate of drug-likeness (QED) is 0.851. The molecule has 2 aromatic carbocycles. The predicted molar refractivity (Wildman–Crippen MR) is 73.2 cm³/mol. The minimum absolute atomic E-state index is 0.346. The Kier molecular flexibility index (Phi) is 4.54. The van der Waals surface area contributed by atoms with Crippen molar-refractivity contribution in [3.63, 3.8) is 0 Å². The predicted octanol–water partition coefficient (Wildman–Crippen LogP) is 3.46. The fraction of sp³-hybridized carbons (Fsp3) is 0.143. The Bertz CT molecular complexity index is 549. The Morgan fingerprint density at radius 2 is 1.42 bits per heavy atom. The highest BCUT2D eigenvalue weighted by Crippen LogP contribution is 2.24. The largest absolute Gasteiger partial charge is 0.494 e. The molecule has 0 aromatic heterocycles. The molecule has 19 heavy (non-hydrogen) atoms. The van der Waals surface area contributed by atoms with Crippen LogP contribution in [0.2, 0.25) is 0 Å². The smallest absolute Gasteiger partial charge is 0.186 e. The molecule has 2 aromatic rings. The Morgan fingerprint density at radius 1 is 0.947 bits per heavy atom. The molecule has 0 aliphatic rings. The van der Waals surface area contributed by atoms with Crippen molar-refractivity contribution in [2.24, 2.45) is 0 Å². The van der Waals surface area contributed by atoms with Gasteiger partial charge in [0.2, 0.25) is 0 Å². The van der Waals surface area contributed by atoms with Crippen LogP contribution in [0.1, 0.15) is 6.92 Å². The second-order valence-electron chi connectivity index (χ2n) is 3.73. The first-order valence-electron chi connectivity index (χ1n) is 5.80. The van der Waals surface area contributed by atoms with Crippen LogP contribution in [0.4, 0.5) is 0 Å². The molecule has 0 aliphatic carbocycles. The first-order chi connectivity index (χ1) is 9.19. The van der Waals surface area contributed by atoms with Gasteiger partial charge in [0.15, 0.2) is 11.1 Å². The van der Waals surface area contributed by atoms with E-state index < -0.39 is 11.1 Å². The van der Waals surface area contributed by atoms with E-state index in [1.165, 1.54) is 0 Å². The first kappa shape index (κ1) is 13.6. The SMILES string of the molecule is CCOc1ccc(Oc2ccc(S(=O)O)cc2)cc1. The maximum Gasteiger partial charge on any atom is 0.186 e. The minimum Gasteiger partial charge on any atom is -0.494 e. The van der Waals surface area contributed by atoms with Gasteiger partial charge in [0.05, 0.1) is 11.5 Å². The molecule has 4 nitrogen and oxygen atoms in total. The molecule has 0 heterocycles. The highest BCUT2D eigenvalue weighted by molar-refractivity contribution is 7.79. The Labute approximate surface area is 114 Å². The molecule has 5 heteroatoms. The number of rotatable bonds is 5. The van der Waals surface area contributed by atoms with Gasteiger partial charge in [-0.15, -0.1) is 0 Å². The van der Waals surface area contributed by atoms with Crippen LogP contribution in [0.15, 0.2) is 53.4 Å². The second kappa shape index (κ2) is 6.36. The van der Waals surface area contributed by atoms with Gasteiger partial charge in [-0.2, -0.15) is 0 Å². The van der Waals surface area contributed by atoms with Gasteiger partial charge >= 0.3 is 0 Å². The molecule has 0 spiro atoms. The zero-order chi connectivity index (χ0) is 13.7. The number of benzene rings is 2. The molecule has 0 amide bonds. The Hall–Kier alpha value is -1.85. The minimum atomic E-state index is -1.96. The Balaban J connectivity index is 2.06. The monoisotopic (exact) mass is 278 g/mol. The van der Waals surface area contributed by atoms with Crippen molar-refractivity contribution in [1.29, 1.82) is 0 Å². The van der Waals surface area contributed by atoms with Crippen LogP contribution in [0.25, 0.3) is 0 Å². The van der Waals surface area contributed by atoms with E-state index in [-0.39, 0.29) is 0 Å². The second-order valence-corrected chi connectivity index (χ2v) is 4.70. The van der Waals surface area contributed by atoms with Crippen molar-refractivity contribution in [1.82, 2.24) is 0 Å². The summed E-state index contributed by atoms with van der Waals surface area (Å²) in [6.45, 7) is 2.55. The average Bonchev–Trinajstić information content (AvgIpc) is 2.42. The summed E-state index contributed by atoms with van der Waals surface area (Å²) in [6, 6.07) is 13.7. The highest BCUT2D eigenvalue weighted by atomic mass is 32.2. The van der Waals surface area contributed by atoms with Crippen molar-refractivity contribution in [3.8, 4) is 17.2 Å². The van der Waals surface area contributed by atoms with Gasteiger partial charge in [0, 0.05) is 0 Å². The zero-order valence-corrected chi connectivity index (χ0v) is 11.2. The van der Waals surface area contributed by atoms with E-state index in [4.69, 9.17) is 14.0 Å². The van der Waals surface area contributed by atoms with Crippen LogP contribution in [0.3, 0.4) is 0 Å². The van der Waals surface area contributed by atoms with Gasteiger partial charge < -0.3 is 14.0 Å². The maximum absolute atomic E-state index is 10.8. The molecule has 0 saturated carbocycles. The van der Waals surface area contributed by atoms with Crippen molar-refractivity contribution in [2.45, 2.75) is 11.8 Å². The average molecular weight is 278 g/mol. The third-order valence-corrected chi connectivity index (χ3v) is 3.07. The lowest BCUT2D eigenvalue weighted by molar-refractivity contribution is 0.339. The number of ether oxygens (including phenoxy) is 2. The van der Waals surface area contributed by atoms with Crippen LogP contribution in [-0.4, -0.2) is 15.4 Å². The molecule has 100 valence electrons. The van der Waals surface area contributed by atoms with Crippen LogP contribution >= 0.6 is 0 Å². The van der Waals surface area contributed by atoms with E-state index in [1.807, 2.05) is 31.2 Å². The Morgan fingerprint density at radius 3 is 1.89 bits per heavy atom. The molecule has 0 radical (unpaired) electrons. The molecular weight excluding hydrogens is 264 g/mol. The molecule has 0 bridgehead atoms. The number of hydrogen-bond donors (Lipinski definition) is 1. The van der Waals surface area contributed by atoms with Gasteiger partial charge in [-0.3, -0.25) is 0 Å². The van der Waals surface area contributed by atoms with Crippen LogP contribution in [0, 0.1) is 0 Å². The molecule has 2 rings (SSSR count). The van der Waals surface area contributed by atoms with Crippen molar-refractivity contribution in [2.75, 3.05) is 6.61 Å². The van der Waals surface area contributed by atoms with E-state index in [2.05, 4.69) is 0 Å². The van der Waals surface area contributed by atoms with E-state index in [0.717, 1.165) is 5.75 Å². The third-order valence-electron chi connectivity index (χ3n) is 2.40. The first-order valence-corrected chi connectivity index (χ1v) is 6.91. The number of hydrogen-bond acceptors (Lipinski definition) is 3. The molecule has 0 fully saturated rings. The van der Waals surface area contributed by atoms with Crippen LogP contribution in [-0.2, 0) is 11.1 Å². The topological polar surface area (TPSA) is 55.8 Å². The van der Waals surface area contributed by atoms with Crippen LogP contribution in [0.5, 0.6) is 17.2 Å². The van der Waals surface area contributed by atoms with Crippen molar-refractivity contribution >= 4 is 11.1 Å². The zero-order valence-electron chi connectivity index (χ0n) is 10.4. The summed E-state index contributed by atoms with van der Waals surface area (Å²) in [4.78, 5) is 0.346. The maximum atomic E-state index is 10.8. The van der Waals surface area contributed by atoms with Gasteiger partial charge in [0.25, 0.3) is 0 Å². The fourth-order valence-corrected chi connectivity index (χ4v) is 1.90. The van der Waals surface area contributed by atoms with Crippen LogP contribution < -0.4 is 9.47 Å². The molecular formula is C14H14O4S. The summed E-state index contributed by atoms with van der Waals surface area (Å²) in [6.07, 6.45) is 0. The van der Waals surface area contributed by atoms with Gasteiger partial charge in [-0.05, 0) is 55.5 Å². The van der Waals surface area contributed by atoms with E-state index in [1.54, 1.807) is 24.3 Å². The lowest BCUT2D eigenvalue weighted by atomic mass is 10.3. The summed E-state index contributed by atoms with van der Waals surface area (Å²) in [5.41, 5.74) is 0. The van der Waals surface area contributed by atoms with E-state index in [0.29, 0.717) is 23.0 Å². The summed E-state index contributed by atoms with van der Waals surface area (Å²) >= 11 is -1.96. The standard InChI is InChI=1S/C14H14O4S/c1-2-17-11-3-5-12(6-4-11)18-13-7-9-14(10-8-13)19(15)16/h3-10H,2H2,1H3,(H,15,16). The van der Waals surface area contributed by atoms with E-state index >= 15 is 0 Å². The third kappa shape index (κ3) is 3.81. The fourth-order valence-electron chi connectivity index (χ4n) is 1.53. The summed E-state index contributed by atoms with van der Waals surface area (Å²) in [5.74, 6) is 2.08. The highest BCUT2D eigenvalue weighted by Gasteiger charge is 2.01. The summed E-state index contributed by atoms with van der Waals surface area (Å²) in [7, 11) is 0. The van der Waals surface area contributed by atoms with Crippen molar-refractivity contribution < 1.29 is 18.2 Å². The molecule has 0 saturated heterocycles. The summed E-state index contributed by atoms with van der Waals surface area (Å²) < 4.78 is 30.7. The normalized spacial score (nSPS) is 11.9. The van der Waals surface area contributed by atoms with Crippen molar-refractivity contribution in [3.05, 3.63) is 48.5 Å². The molecule has 1 unspecified atom stereocenters. The lowest BCUT2D eigenvalue weighted by Crippen LogP contribution is -1.91. The summed E-state index contributed by atoms with van der Waals surface area (Å²) in [5, 5.41) is 0. The molecule has 1 atom stereocenters. The lowest BCUT2D eigenvalue weighted by Gasteiger charge is -2.07. The van der Waals surface area contributed by atoms with E-state index in [9.17, 15) is 4.21 Å². The molecule has 1 N–H and O–H groups in total. The van der Waals surface area contributed by atoms with Gasteiger partial charge in [0.1, 0.15) is 17.2 Å². The molecule has 0 aliphatic heterocycles. The van der Waals surface area contributed by atoms with Gasteiger partial charge in [-0.1, -0.05) is 0 Å². The van der Waals surface area contributed by atoms with Gasteiger partial charge in [-0.25, -0.2) is 4.21 Å².